The summed E-state index contributed by atoms with van der Waals surface area (Å²) in [6, 6.07) is 0. The lowest BCUT2D eigenvalue weighted by Gasteiger charge is -2.20. The van der Waals surface area contributed by atoms with E-state index in [-0.39, 0.29) is 10.4 Å². The summed E-state index contributed by atoms with van der Waals surface area (Å²) in [7, 11) is 0. The maximum atomic E-state index is 10.8. The Balaban J connectivity index is 2.10. The first-order valence-electron chi connectivity index (χ1n) is 5.10. The highest BCUT2D eigenvalue weighted by molar-refractivity contribution is 7.07. The Morgan fingerprint density at radius 1 is 1.40 bits per heavy atom. The summed E-state index contributed by atoms with van der Waals surface area (Å²) in [6.07, 6.45) is 0. The number of hydrogen-bond acceptors (Lipinski definition) is 4. The molecule has 5 heteroatoms. The van der Waals surface area contributed by atoms with Crippen molar-refractivity contribution in [3.8, 4) is 0 Å². The highest BCUT2D eigenvalue weighted by Crippen LogP contribution is 1.97. The van der Waals surface area contributed by atoms with Crippen LogP contribution in [-0.2, 0) is 6.54 Å². The SMILES string of the molecule is CC(C)(C)NCCNCc1csc(=O)[nH]1. The van der Waals surface area contributed by atoms with Crippen LogP contribution in [0.1, 0.15) is 26.5 Å². The van der Waals surface area contributed by atoms with Gasteiger partial charge in [0.25, 0.3) is 0 Å². The van der Waals surface area contributed by atoms with Gasteiger partial charge in [-0.05, 0) is 20.8 Å². The molecule has 1 heterocycles. The molecule has 0 amide bonds. The number of rotatable bonds is 5. The first kappa shape index (κ1) is 12.4. The first-order valence-corrected chi connectivity index (χ1v) is 5.98. The molecule has 86 valence electrons. The van der Waals surface area contributed by atoms with Gasteiger partial charge in [-0.3, -0.25) is 4.79 Å². The van der Waals surface area contributed by atoms with Gasteiger partial charge in [0, 0.05) is 36.2 Å². The fraction of sp³-hybridized carbons (Fsp3) is 0.700. The van der Waals surface area contributed by atoms with Gasteiger partial charge in [-0.1, -0.05) is 11.3 Å². The standard InChI is InChI=1S/C10H19N3OS/c1-10(2,3)12-5-4-11-6-8-7-15-9(14)13-8/h7,11-12H,4-6H2,1-3H3,(H,13,14). The van der Waals surface area contributed by atoms with Crippen molar-refractivity contribution >= 4 is 11.3 Å². The van der Waals surface area contributed by atoms with Crippen LogP contribution in [-0.4, -0.2) is 23.6 Å². The second-order valence-corrected chi connectivity index (χ2v) is 5.37. The second-order valence-electron chi connectivity index (χ2n) is 4.53. The van der Waals surface area contributed by atoms with Crippen molar-refractivity contribution < 1.29 is 0 Å². The molecule has 1 aromatic heterocycles. The smallest absolute Gasteiger partial charge is 0.304 e. The third-order valence-corrected chi connectivity index (χ3v) is 2.56. The van der Waals surface area contributed by atoms with Gasteiger partial charge in [0.15, 0.2) is 0 Å². The molecule has 0 saturated heterocycles. The summed E-state index contributed by atoms with van der Waals surface area (Å²) in [4.78, 5) is 13.6. The summed E-state index contributed by atoms with van der Waals surface area (Å²) < 4.78 is 0. The second kappa shape index (κ2) is 5.44. The fourth-order valence-electron chi connectivity index (χ4n) is 1.15. The number of aromatic amines is 1. The van der Waals surface area contributed by atoms with Gasteiger partial charge >= 0.3 is 4.87 Å². The molecule has 0 bridgehead atoms. The molecule has 1 aromatic rings. The van der Waals surface area contributed by atoms with E-state index in [1.165, 1.54) is 11.3 Å². The number of thiazole rings is 1. The first-order chi connectivity index (χ1) is 6.97. The minimum absolute atomic E-state index is 0.0135. The molecule has 0 unspecified atom stereocenters. The molecular weight excluding hydrogens is 210 g/mol. The van der Waals surface area contributed by atoms with Crippen molar-refractivity contribution in [2.24, 2.45) is 0 Å². The fourth-order valence-corrected chi connectivity index (χ4v) is 1.73. The molecule has 0 atom stereocenters. The minimum atomic E-state index is 0.0135. The molecule has 0 radical (unpaired) electrons. The van der Waals surface area contributed by atoms with Crippen LogP contribution in [0.4, 0.5) is 0 Å². The monoisotopic (exact) mass is 229 g/mol. The topological polar surface area (TPSA) is 56.9 Å². The van der Waals surface area contributed by atoms with E-state index in [0.29, 0.717) is 0 Å². The van der Waals surface area contributed by atoms with Crippen molar-refractivity contribution in [2.75, 3.05) is 13.1 Å². The van der Waals surface area contributed by atoms with Crippen molar-refractivity contribution in [1.29, 1.82) is 0 Å². The maximum Gasteiger partial charge on any atom is 0.304 e. The summed E-state index contributed by atoms with van der Waals surface area (Å²) in [6.45, 7) is 8.98. The Morgan fingerprint density at radius 3 is 2.67 bits per heavy atom. The van der Waals surface area contributed by atoms with Crippen LogP contribution in [0.5, 0.6) is 0 Å². The summed E-state index contributed by atoms with van der Waals surface area (Å²) >= 11 is 1.21. The van der Waals surface area contributed by atoms with Crippen LogP contribution in [0.3, 0.4) is 0 Å². The van der Waals surface area contributed by atoms with Crippen LogP contribution in [0.2, 0.25) is 0 Å². The van der Waals surface area contributed by atoms with Gasteiger partial charge < -0.3 is 15.6 Å². The predicted octanol–water partition coefficient (Wildman–Crippen LogP) is 0.914. The number of H-pyrrole nitrogens is 1. The molecule has 0 saturated carbocycles. The van der Waals surface area contributed by atoms with E-state index in [2.05, 4.69) is 36.4 Å². The summed E-state index contributed by atoms with van der Waals surface area (Å²) in [5.41, 5.74) is 1.12. The van der Waals surface area contributed by atoms with Crippen LogP contribution < -0.4 is 15.5 Å². The Hall–Kier alpha value is -0.650. The predicted molar refractivity (Wildman–Crippen MR) is 64.4 cm³/mol. The van der Waals surface area contributed by atoms with E-state index in [9.17, 15) is 4.79 Å². The molecule has 4 nitrogen and oxygen atoms in total. The summed E-state index contributed by atoms with van der Waals surface area (Å²) in [5.74, 6) is 0. The Kier molecular flexibility index (Phi) is 4.50. The molecule has 0 aliphatic carbocycles. The molecule has 0 aromatic carbocycles. The van der Waals surface area contributed by atoms with Gasteiger partial charge in [-0.15, -0.1) is 0 Å². The maximum absolute atomic E-state index is 10.8. The highest BCUT2D eigenvalue weighted by atomic mass is 32.1. The Labute approximate surface area is 94.1 Å². The number of aromatic nitrogens is 1. The molecule has 0 aliphatic rings. The molecule has 0 fully saturated rings. The van der Waals surface area contributed by atoms with E-state index >= 15 is 0 Å². The average Bonchev–Trinajstić information content (AvgIpc) is 2.49. The third kappa shape index (κ3) is 5.71. The zero-order chi connectivity index (χ0) is 11.3. The van der Waals surface area contributed by atoms with Crippen molar-refractivity contribution in [2.45, 2.75) is 32.9 Å². The lowest BCUT2D eigenvalue weighted by Crippen LogP contribution is -2.40. The molecular formula is C10H19N3OS. The molecule has 1 rings (SSSR count). The summed E-state index contributed by atoms with van der Waals surface area (Å²) in [5, 5.41) is 8.50. The quantitative estimate of drug-likeness (QED) is 0.658. The van der Waals surface area contributed by atoms with E-state index in [0.717, 1.165) is 25.3 Å². The zero-order valence-electron chi connectivity index (χ0n) is 9.52. The third-order valence-electron chi connectivity index (χ3n) is 1.84. The van der Waals surface area contributed by atoms with E-state index in [4.69, 9.17) is 0 Å². The van der Waals surface area contributed by atoms with Gasteiger partial charge in [0.05, 0.1) is 0 Å². The minimum Gasteiger partial charge on any atom is -0.315 e. The molecule has 0 spiro atoms. The van der Waals surface area contributed by atoms with Crippen molar-refractivity contribution in [3.05, 3.63) is 20.7 Å². The zero-order valence-corrected chi connectivity index (χ0v) is 10.3. The normalized spacial score (nSPS) is 11.9. The van der Waals surface area contributed by atoms with Crippen LogP contribution >= 0.6 is 11.3 Å². The van der Waals surface area contributed by atoms with Crippen LogP contribution in [0.15, 0.2) is 10.2 Å². The molecule has 3 N–H and O–H groups in total. The van der Waals surface area contributed by atoms with Crippen molar-refractivity contribution in [3.63, 3.8) is 0 Å². The van der Waals surface area contributed by atoms with Gasteiger partial charge in [-0.2, -0.15) is 0 Å². The van der Waals surface area contributed by atoms with E-state index in [1.807, 2.05) is 5.38 Å². The van der Waals surface area contributed by atoms with Crippen LogP contribution in [0, 0.1) is 0 Å². The van der Waals surface area contributed by atoms with Crippen molar-refractivity contribution in [1.82, 2.24) is 15.6 Å². The van der Waals surface area contributed by atoms with Crippen LogP contribution in [0.25, 0.3) is 0 Å². The van der Waals surface area contributed by atoms with E-state index < -0.39 is 0 Å². The number of nitrogens with one attached hydrogen (secondary N) is 3. The molecule has 15 heavy (non-hydrogen) atoms. The average molecular weight is 229 g/mol. The Morgan fingerprint density at radius 2 is 2.13 bits per heavy atom. The van der Waals surface area contributed by atoms with E-state index in [1.54, 1.807) is 0 Å². The van der Waals surface area contributed by atoms with Gasteiger partial charge in [0.2, 0.25) is 0 Å². The molecule has 0 aliphatic heterocycles. The van der Waals surface area contributed by atoms with Gasteiger partial charge in [-0.25, -0.2) is 0 Å². The largest absolute Gasteiger partial charge is 0.315 e. The number of hydrogen-bond donors (Lipinski definition) is 3. The lowest BCUT2D eigenvalue weighted by atomic mass is 10.1. The Bertz CT molecular complexity index is 337. The highest BCUT2D eigenvalue weighted by Gasteiger charge is 2.06. The van der Waals surface area contributed by atoms with Gasteiger partial charge in [0.1, 0.15) is 0 Å². The lowest BCUT2D eigenvalue weighted by molar-refractivity contribution is 0.421.